The van der Waals surface area contributed by atoms with Crippen molar-refractivity contribution in [3.63, 3.8) is 0 Å². The minimum atomic E-state index is -0.256. The Balaban J connectivity index is 0.00000469. The van der Waals surface area contributed by atoms with Gasteiger partial charge in [-0.1, -0.05) is 102 Å². The predicted molar refractivity (Wildman–Crippen MR) is 235 cm³/mol. The van der Waals surface area contributed by atoms with Crippen molar-refractivity contribution in [3.05, 3.63) is 223 Å². The zero-order valence-electron chi connectivity index (χ0n) is 32.6. The first-order valence-corrected chi connectivity index (χ1v) is 18.9. The molecule has 2 atom stereocenters. The molecule has 58 heavy (non-hydrogen) atoms. The summed E-state index contributed by atoms with van der Waals surface area (Å²) in [6.07, 6.45) is 30.0. The third kappa shape index (κ3) is 6.80. The SMILES string of the molecule is C#Cc1ccc(/C2=C3\C=C[C@H]([N-]3)[C@@H](c3ccc(C#C)cc3)C3=N/C(=C(/c4c(C)cc(C)cc4C)c4ccc([n-]4)/C(c4ccc(C#C)cc4)=C4/C=CC2=N4)C=C3)cc1.[Zn+2]. The zero-order valence-corrected chi connectivity index (χ0v) is 35.6. The quantitative estimate of drug-likeness (QED) is 0.132. The molecule has 0 saturated heterocycles. The number of hydrogen-bond donors (Lipinski definition) is 0. The second-order valence-corrected chi connectivity index (χ2v) is 14.6. The van der Waals surface area contributed by atoms with E-state index in [1.165, 1.54) is 5.56 Å². The predicted octanol–water partition coefficient (Wildman–Crippen LogP) is 10.6. The third-order valence-electron chi connectivity index (χ3n) is 10.9. The van der Waals surface area contributed by atoms with Crippen LogP contribution in [0.5, 0.6) is 0 Å². The first kappa shape index (κ1) is 37.9. The van der Waals surface area contributed by atoms with Crippen LogP contribution in [0.2, 0.25) is 0 Å². The second-order valence-electron chi connectivity index (χ2n) is 14.6. The monoisotopic (exact) mass is 792 g/mol. The molecule has 0 fully saturated rings. The number of hydrogen-bond acceptors (Lipinski definition) is 2. The fourth-order valence-electron chi connectivity index (χ4n) is 8.35. The minimum absolute atomic E-state index is 0. The molecule has 0 spiro atoms. The van der Waals surface area contributed by atoms with Gasteiger partial charge in [-0.05, 0) is 132 Å². The molecule has 4 nitrogen and oxygen atoms in total. The van der Waals surface area contributed by atoms with Gasteiger partial charge in [0.1, 0.15) is 0 Å². The normalized spacial score (nSPS) is 21.4. The summed E-state index contributed by atoms with van der Waals surface area (Å²) in [6, 6.07) is 32.6. The molecule has 0 unspecified atom stereocenters. The Morgan fingerprint density at radius 2 is 1.10 bits per heavy atom. The summed E-state index contributed by atoms with van der Waals surface area (Å²) in [5.74, 6) is 8.06. The molecule has 5 heterocycles. The molecule has 4 aliphatic heterocycles. The summed E-state index contributed by atoms with van der Waals surface area (Å²) < 4.78 is 0. The van der Waals surface area contributed by atoms with Crippen molar-refractivity contribution in [2.75, 3.05) is 0 Å². The first-order chi connectivity index (χ1) is 27.8. The molecule has 1 aromatic heterocycles. The molecule has 9 rings (SSSR count). The third-order valence-corrected chi connectivity index (χ3v) is 10.9. The van der Waals surface area contributed by atoms with E-state index in [4.69, 9.17) is 39.6 Å². The molecule has 0 saturated carbocycles. The van der Waals surface area contributed by atoms with Crippen LogP contribution in [0, 0.1) is 57.8 Å². The largest absolute Gasteiger partial charge is 2.00 e. The molecule has 270 valence electrons. The molecular weight excluding hydrogens is 758 g/mol. The number of aliphatic imine (C=N–C) groups is 2. The van der Waals surface area contributed by atoms with E-state index >= 15 is 0 Å². The van der Waals surface area contributed by atoms with Gasteiger partial charge in [0.25, 0.3) is 0 Å². The Hall–Kier alpha value is -6.96. The minimum Gasteiger partial charge on any atom is -0.677 e. The van der Waals surface area contributed by atoms with Crippen molar-refractivity contribution in [2.24, 2.45) is 9.98 Å². The summed E-state index contributed by atoms with van der Waals surface area (Å²) in [5.41, 5.74) is 18.6. The number of fused-ring (bicyclic) bond motifs is 6. The van der Waals surface area contributed by atoms with E-state index in [2.05, 4.69) is 111 Å². The summed E-state index contributed by atoms with van der Waals surface area (Å²) >= 11 is 0. The Morgan fingerprint density at radius 1 is 0.569 bits per heavy atom. The Kier molecular flexibility index (Phi) is 10.2. The van der Waals surface area contributed by atoms with Gasteiger partial charge in [0.2, 0.25) is 0 Å². The van der Waals surface area contributed by atoms with Gasteiger partial charge in [0.05, 0.1) is 17.1 Å². The van der Waals surface area contributed by atoms with E-state index in [1.54, 1.807) is 0 Å². The van der Waals surface area contributed by atoms with E-state index in [0.717, 1.165) is 107 Å². The number of aryl methyl sites for hydroxylation is 3. The fourth-order valence-corrected chi connectivity index (χ4v) is 8.35. The van der Waals surface area contributed by atoms with Crippen LogP contribution in [0.25, 0.3) is 22.0 Å². The van der Waals surface area contributed by atoms with Crippen LogP contribution < -0.4 is 4.98 Å². The summed E-state index contributed by atoms with van der Waals surface area (Å²) in [7, 11) is 0. The molecule has 5 heteroatoms. The Labute approximate surface area is 353 Å². The Bertz CT molecular complexity index is 2870. The van der Waals surface area contributed by atoms with Crippen molar-refractivity contribution in [1.29, 1.82) is 0 Å². The molecule has 0 N–H and O–H groups in total. The number of benzene rings is 4. The summed E-state index contributed by atoms with van der Waals surface area (Å²) in [6.45, 7) is 6.46. The van der Waals surface area contributed by atoms with Gasteiger partial charge < -0.3 is 10.3 Å². The van der Waals surface area contributed by atoms with Crippen molar-refractivity contribution in [2.45, 2.75) is 32.7 Å². The van der Waals surface area contributed by atoms with E-state index in [9.17, 15) is 0 Å². The van der Waals surface area contributed by atoms with Crippen molar-refractivity contribution in [1.82, 2.24) is 4.98 Å². The van der Waals surface area contributed by atoms with Gasteiger partial charge >= 0.3 is 19.5 Å². The molecule has 0 amide bonds. The number of aromatic nitrogens is 1. The standard InChI is InChI=1S/C53H36N4.Zn/c1-7-35-10-16-38(17-11-35)50-41-22-24-43(54-41)51(39-18-12-36(8-2)13-19-39)45-26-28-47(56-45)53(49-33(5)30-32(4)31-34(49)6)48-29-27-46(57-48)52(44-25-23-42(50)55-44)40-20-14-37(9-3)15-21-40;/h1-3,10-31,43,51H,4-6H3;/q-2;+2/b50-41-,52-44-,53-47+;/t43-,51+;/m0./s1. The average Bonchev–Trinajstić information content (AvgIpc) is 4.07. The van der Waals surface area contributed by atoms with Crippen LogP contribution in [0.15, 0.2) is 161 Å². The van der Waals surface area contributed by atoms with Gasteiger partial charge in [0, 0.05) is 28.3 Å². The van der Waals surface area contributed by atoms with Crippen molar-refractivity contribution >= 4 is 28.1 Å². The van der Waals surface area contributed by atoms with Crippen molar-refractivity contribution in [3.8, 4) is 37.0 Å². The molecule has 0 aliphatic carbocycles. The number of rotatable bonds is 4. The van der Waals surface area contributed by atoms with Gasteiger partial charge in [-0.15, -0.1) is 36.4 Å². The molecule has 4 aromatic carbocycles. The maximum atomic E-state index is 5.79. The van der Waals surface area contributed by atoms with Crippen LogP contribution >= 0.6 is 0 Å². The van der Waals surface area contributed by atoms with Crippen LogP contribution in [-0.4, -0.2) is 17.5 Å². The smallest absolute Gasteiger partial charge is 0.677 e. The van der Waals surface area contributed by atoms with Gasteiger partial charge in [-0.3, -0.25) is 4.99 Å². The fraction of sp³-hybridized carbons (Fsp3) is 0.0943. The number of allylic oxidation sites excluding steroid dienone is 6. The van der Waals surface area contributed by atoms with Gasteiger partial charge in [-0.25, -0.2) is 4.99 Å². The van der Waals surface area contributed by atoms with Crippen LogP contribution in [0.1, 0.15) is 72.9 Å². The molecular formula is C53H36N4Zn. The first-order valence-electron chi connectivity index (χ1n) is 18.9. The number of terminal acetylenes is 3. The Morgan fingerprint density at radius 3 is 1.71 bits per heavy atom. The average molecular weight is 794 g/mol. The number of nitrogens with zero attached hydrogens (tertiary/aromatic N) is 4. The van der Waals surface area contributed by atoms with Crippen LogP contribution in [-0.2, 0) is 19.5 Å². The summed E-state index contributed by atoms with van der Waals surface area (Å²) in [4.78, 5) is 16.3. The van der Waals surface area contributed by atoms with E-state index in [1.807, 2.05) is 60.7 Å². The summed E-state index contributed by atoms with van der Waals surface area (Å²) in [5, 5.41) is 5.47. The van der Waals surface area contributed by atoms with E-state index in [-0.39, 0.29) is 31.4 Å². The van der Waals surface area contributed by atoms with Crippen LogP contribution in [0.3, 0.4) is 0 Å². The molecule has 5 aromatic rings. The zero-order chi connectivity index (χ0) is 39.2. The van der Waals surface area contributed by atoms with Gasteiger partial charge in [-0.2, -0.15) is 0 Å². The second kappa shape index (κ2) is 15.5. The van der Waals surface area contributed by atoms with Gasteiger partial charge in [0.15, 0.2) is 0 Å². The molecule has 8 bridgehead atoms. The van der Waals surface area contributed by atoms with Crippen molar-refractivity contribution < 1.29 is 19.5 Å². The topological polar surface area (TPSA) is 52.9 Å². The van der Waals surface area contributed by atoms with E-state index in [0.29, 0.717) is 0 Å². The van der Waals surface area contributed by atoms with E-state index < -0.39 is 0 Å². The maximum absolute atomic E-state index is 5.79. The maximum Gasteiger partial charge on any atom is 2.00 e. The molecule has 4 aliphatic rings. The molecule has 0 radical (unpaired) electrons. The van der Waals surface area contributed by atoms with Crippen LogP contribution in [0.4, 0.5) is 0 Å².